The van der Waals surface area contributed by atoms with Crippen molar-refractivity contribution in [2.24, 2.45) is 5.92 Å². The molecule has 0 heterocycles. The lowest BCUT2D eigenvalue weighted by atomic mass is 9.87. The Bertz CT molecular complexity index is 577. The molecule has 1 aromatic rings. The number of benzene rings is 1. The number of aliphatic hydroxyl groups excluding tert-OH is 1. The first kappa shape index (κ1) is 15.8. The number of sulfonamides is 1. The summed E-state index contributed by atoms with van der Waals surface area (Å²) in [5, 5.41) is 9.60. The van der Waals surface area contributed by atoms with Gasteiger partial charge in [0.1, 0.15) is 0 Å². The molecule has 2 rings (SSSR count). The van der Waals surface area contributed by atoms with Gasteiger partial charge in [0.25, 0.3) is 0 Å². The van der Waals surface area contributed by atoms with Gasteiger partial charge in [-0.25, -0.2) is 13.1 Å². The van der Waals surface area contributed by atoms with E-state index in [1.165, 1.54) is 6.07 Å². The van der Waals surface area contributed by atoms with Gasteiger partial charge in [0.05, 0.1) is 11.0 Å². The normalized spacial score (nSPS) is 23.7. The lowest BCUT2D eigenvalue weighted by Crippen LogP contribution is -2.33. The summed E-state index contributed by atoms with van der Waals surface area (Å²) in [6.45, 7) is 0.357. The third kappa shape index (κ3) is 3.94. The molecule has 1 aliphatic rings. The highest BCUT2D eigenvalue weighted by Crippen LogP contribution is 2.26. The summed E-state index contributed by atoms with van der Waals surface area (Å²) in [4.78, 5) is 0.183. The smallest absolute Gasteiger partial charge is 0.241 e. The molecule has 0 aliphatic heterocycles. The van der Waals surface area contributed by atoms with E-state index >= 15 is 0 Å². The molecule has 1 aromatic carbocycles. The van der Waals surface area contributed by atoms with Crippen molar-refractivity contribution in [3.8, 4) is 0 Å². The highest BCUT2D eigenvalue weighted by atomic mass is 79.9. The van der Waals surface area contributed by atoms with Gasteiger partial charge in [0, 0.05) is 16.7 Å². The van der Waals surface area contributed by atoms with Crippen molar-refractivity contribution in [1.82, 2.24) is 4.72 Å². The minimum atomic E-state index is -3.56. The minimum absolute atomic E-state index is 0.183. The van der Waals surface area contributed by atoms with E-state index in [0.717, 1.165) is 19.3 Å². The fourth-order valence-electron chi connectivity index (χ4n) is 2.49. The lowest BCUT2D eigenvalue weighted by molar-refractivity contribution is 0.102. The van der Waals surface area contributed by atoms with Crippen LogP contribution in [0.5, 0.6) is 0 Å². The van der Waals surface area contributed by atoms with Crippen LogP contribution in [0.4, 0.5) is 5.69 Å². The zero-order valence-electron chi connectivity index (χ0n) is 11.0. The van der Waals surface area contributed by atoms with Crippen LogP contribution in [0.2, 0.25) is 0 Å². The molecule has 7 heteroatoms. The predicted molar refractivity (Wildman–Crippen MR) is 81.7 cm³/mol. The summed E-state index contributed by atoms with van der Waals surface area (Å²) >= 11 is 3.22. The first-order valence-electron chi connectivity index (χ1n) is 6.61. The second-order valence-electron chi connectivity index (χ2n) is 5.23. The quantitative estimate of drug-likeness (QED) is 0.712. The van der Waals surface area contributed by atoms with E-state index in [1.807, 2.05) is 0 Å². The van der Waals surface area contributed by atoms with Crippen molar-refractivity contribution >= 4 is 31.6 Å². The number of aliphatic hydroxyl groups is 1. The highest BCUT2D eigenvalue weighted by Gasteiger charge is 2.23. The standard InChI is InChI=1S/C13H19BrN2O3S/c14-12-7-10(15)4-5-13(12)20(18,19)16-8-9-2-1-3-11(17)6-9/h4-5,7,9,11,16-17H,1-3,6,8,15H2. The number of nitrogen functional groups attached to an aromatic ring is 1. The molecule has 0 amide bonds. The molecule has 2 atom stereocenters. The van der Waals surface area contributed by atoms with Crippen molar-refractivity contribution < 1.29 is 13.5 Å². The van der Waals surface area contributed by atoms with Gasteiger partial charge in [-0.05, 0) is 59.3 Å². The molecule has 0 radical (unpaired) electrons. The fourth-order valence-corrected chi connectivity index (χ4v) is 4.70. The number of hydrogen-bond donors (Lipinski definition) is 3. The molecule has 0 spiro atoms. The van der Waals surface area contributed by atoms with Crippen LogP contribution in [0.15, 0.2) is 27.6 Å². The number of nitrogens with one attached hydrogen (secondary N) is 1. The topological polar surface area (TPSA) is 92.4 Å². The summed E-state index contributed by atoms with van der Waals surface area (Å²) in [6.07, 6.45) is 3.06. The van der Waals surface area contributed by atoms with Crippen LogP contribution in [-0.4, -0.2) is 26.2 Å². The summed E-state index contributed by atoms with van der Waals surface area (Å²) in [5.74, 6) is 0.195. The zero-order chi connectivity index (χ0) is 14.8. The highest BCUT2D eigenvalue weighted by molar-refractivity contribution is 9.10. The van der Waals surface area contributed by atoms with E-state index in [0.29, 0.717) is 23.1 Å². The molecule has 1 aliphatic carbocycles. The van der Waals surface area contributed by atoms with Gasteiger partial charge in [0.2, 0.25) is 10.0 Å². The molecule has 1 saturated carbocycles. The Kier molecular flexibility index (Phi) is 5.06. The molecule has 5 nitrogen and oxygen atoms in total. The Hall–Kier alpha value is -0.630. The van der Waals surface area contributed by atoms with Gasteiger partial charge in [-0.1, -0.05) is 6.42 Å². The monoisotopic (exact) mass is 362 g/mol. The maximum absolute atomic E-state index is 12.2. The largest absolute Gasteiger partial charge is 0.399 e. The average molecular weight is 363 g/mol. The van der Waals surface area contributed by atoms with Gasteiger partial charge < -0.3 is 10.8 Å². The Morgan fingerprint density at radius 1 is 1.40 bits per heavy atom. The molecule has 0 saturated heterocycles. The van der Waals surface area contributed by atoms with E-state index in [-0.39, 0.29) is 16.9 Å². The van der Waals surface area contributed by atoms with Crippen LogP contribution < -0.4 is 10.5 Å². The molecule has 0 bridgehead atoms. The Balaban J connectivity index is 2.03. The van der Waals surface area contributed by atoms with Crippen LogP contribution in [0.3, 0.4) is 0 Å². The van der Waals surface area contributed by atoms with Crippen LogP contribution in [0.1, 0.15) is 25.7 Å². The summed E-state index contributed by atoms with van der Waals surface area (Å²) in [7, 11) is -3.56. The number of hydrogen-bond acceptors (Lipinski definition) is 4. The molecule has 4 N–H and O–H groups in total. The van der Waals surface area contributed by atoms with E-state index in [9.17, 15) is 13.5 Å². The predicted octanol–water partition coefficient (Wildman–Crippen LogP) is 1.86. The Morgan fingerprint density at radius 2 is 2.15 bits per heavy atom. The summed E-state index contributed by atoms with van der Waals surface area (Å²) < 4.78 is 27.6. The average Bonchev–Trinajstić information content (AvgIpc) is 2.36. The van der Waals surface area contributed by atoms with Gasteiger partial charge in [0.15, 0.2) is 0 Å². The first-order chi connectivity index (χ1) is 9.38. The van der Waals surface area contributed by atoms with Crippen molar-refractivity contribution in [2.75, 3.05) is 12.3 Å². The molecular weight excluding hydrogens is 344 g/mol. The fraction of sp³-hybridized carbons (Fsp3) is 0.538. The minimum Gasteiger partial charge on any atom is -0.399 e. The van der Waals surface area contributed by atoms with Crippen molar-refractivity contribution in [3.05, 3.63) is 22.7 Å². The first-order valence-corrected chi connectivity index (χ1v) is 8.89. The van der Waals surface area contributed by atoms with Crippen LogP contribution in [-0.2, 0) is 10.0 Å². The van der Waals surface area contributed by atoms with E-state index in [2.05, 4.69) is 20.7 Å². The van der Waals surface area contributed by atoms with E-state index < -0.39 is 10.0 Å². The molecule has 1 fully saturated rings. The van der Waals surface area contributed by atoms with Crippen molar-refractivity contribution in [1.29, 1.82) is 0 Å². The molecule has 0 aromatic heterocycles. The van der Waals surface area contributed by atoms with Gasteiger partial charge in [-0.2, -0.15) is 0 Å². The second kappa shape index (κ2) is 6.43. The third-order valence-electron chi connectivity index (χ3n) is 3.56. The van der Waals surface area contributed by atoms with Crippen LogP contribution >= 0.6 is 15.9 Å². The molecule has 20 heavy (non-hydrogen) atoms. The summed E-state index contributed by atoms with van der Waals surface area (Å²) in [6, 6.07) is 4.61. The molecular formula is C13H19BrN2O3S. The molecule has 2 unspecified atom stereocenters. The Labute approximate surface area is 127 Å². The van der Waals surface area contributed by atoms with Gasteiger partial charge in [-0.15, -0.1) is 0 Å². The number of anilines is 1. The van der Waals surface area contributed by atoms with E-state index in [4.69, 9.17) is 5.73 Å². The van der Waals surface area contributed by atoms with Crippen molar-refractivity contribution in [2.45, 2.75) is 36.7 Å². The maximum Gasteiger partial charge on any atom is 0.241 e. The van der Waals surface area contributed by atoms with Gasteiger partial charge in [-0.3, -0.25) is 0 Å². The van der Waals surface area contributed by atoms with Crippen LogP contribution in [0, 0.1) is 5.92 Å². The summed E-state index contributed by atoms with van der Waals surface area (Å²) in [5.41, 5.74) is 6.11. The SMILES string of the molecule is Nc1ccc(S(=O)(=O)NCC2CCCC(O)C2)c(Br)c1. The van der Waals surface area contributed by atoms with Crippen molar-refractivity contribution in [3.63, 3.8) is 0 Å². The number of nitrogens with two attached hydrogens (primary N) is 1. The second-order valence-corrected chi connectivity index (χ2v) is 7.82. The molecule has 112 valence electrons. The number of rotatable bonds is 4. The zero-order valence-corrected chi connectivity index (χ0v) is 13.5. The third-order valence-corrected chi connectivity index (χ3v) is 5.96. The Morgan fingerprint density at radius 3 is 2.80 bits per heavy atom. The number of halogens is 1. The van der Waals surface area contributed by atoms with E-state index in [1.54, 1.807) is 12.1 Å². The van der Waals surface area contributed by atoms with Gasteiger partial charge >= 0.3 is 0 Å². The maximum atomic E-state index is 12.2. The van der Waals surface area contributed by atoms with Crippen LogP contribution in [0.25, 0.3) is 0 Å². The lowest BCUT2D eigenvalue weighted by Gasteiger charge is -2.25.